The van der Waals surface area contributed by atoms with Crippen molar-refractivity contribution in [1.82, 2.24) is 30.0 Å². The Bertz CT molecular complexity index is 1050. The first kappa shape index (κ1) is 23.7. The summed E-state index contributed by atoms with van der Waals surface area (Å²) >= 11 is 6.62. The lowest BCUT2D eigenvalue weighted by Gasteiger charge is -2.38. The molecule has 2 atom stereocenters. The van der Waals surface area contributed by atoms with Gasteiger partial charge in [-0.25, -0.2) is 4.68 Å². The van der Waals surface area contributed by atoms with Gasteiger partial charge in [-0.3, -0.25) is 9.69 Å². The summed E-state index contributed by atoms with van der Waals surface area (Å²) in [6.07, 6.45) is 3.70. The van der Waals surface area contributed by atoms with Crippen LogP contribution in [0.5, 0.6) is 0 Å². The van der Waals surface area contributed by atoms with E-state index in [-0.39, 0.29) is 30.5 Å². The van der Waals surface area contributed by atoms with Gasteiger partial charge in [0.1, 0.15) is 0 Å². The molecule has 0 spiro atoms. The minimum Gasteiger partial charge on any atom is -0.459 e. The Morgan fingerprint density at radius 2 is 1.97 bits per heavy atom. The van der Waals surface area contributed by atoms with Crippen LogP contribution in [0.2, 0.25) is 5.02 Å². The molecule has 5 rings (SSSR count). The number of nitrogens with zero attached hydrogens (tertiary/aromatic N) is 6. The molecule has 33 heavy (non-hydrogen) atoms. The number of furan rings is 1. The zero-order chi connectivity index (χ0) is 21.9. The van der Waals surface area contributed by atoms with Gasteiger partial charge >= 0.3 is 0 Å². The van der Waals surface area contributed by atoms with Gasteiger partial charge in [0.2, 0.25) is 0 Å². The van der Waals surface area contributed by atoms with E-state index < -0.39 is 0 Å². The summed E-state index contributed by atoms with van der Waals surface area (Å²) in [5.41, 5.74) is 0.948. The highest BCUT2D eigenvalue weighted by Gasteiger charge is 2.34. The van der Waals surface area contributed by atoms with Crippen molar-refractivity contribution in [3.8, 4) is 0 Å². The molecule has 1 amide bonds. The Labute approximate surface area is 203 Å². The number of halogens is 2. The number of benzene rings is 1. The van der Waals surface area contributed by atoms with E-state index >= 15 is 0 Å². The molecular weight excluding hydrogens is 467 g/mol. The Balaban J connectivity index is 0.00000259. The van der Waals surface area contributed by atoms with E-state index in [0.29, 0.717) is 43.5 Å². The van der Waals surface area contributed by atoms with Crippen LogP contribution in [-0.4, -0.2) is 74.8 Å². The number of tetrazole rings is 1. The Hall–Kier alpha value is -2.46. The van der Waals surface area contributed by atoms with E-state index in [0.717, 1.165) is 30.8 Å². The molecule has 2 aliphatic heterocycles. The van der Waals surface area contributed by atoms with Crippen LogP contribution in [0.1, 0.15) is 40.8 Å². The summed E-state index contributed by atoms with van der Waals surface area (Å²) in [5.74, 6) is 1.01. The van der Waals surface area contributed by atoms with E-state index in [1.165, 1.54) is 6.26 Å². The van der Waals surface area contributed by atoms with Crippen molar-refractivity contribution in [2.45, 2.75) is 31.5 Å². The fourth-order valence-corrected chi connectivity index (χ4v) is 4.69. The Morgan fingerprint density at radius 1 is 1.15 bits per heavy atom. The maximum atomic E-state index is 12.7. The molecule has 0 saturated carbocycles. The van der Waals surface area contributed by atoms with Crippen LogP contribution >= 0.6 is 24.0 Å². The van der Waals surface area contributed by atoms with E-state index in [1.807, 2.05) is 33.8 Å². The molecule has 2 unspecified atom stereocenters. The average molecular weight is 493 g/mol. The SMILES string of the molecule is Cl.O=C(c1ccco1)N1CCN(C(c2ccccc2Cl)c2nnnn2CC2CCCO2)CC1. The van der Waals surface area contributed by atoms with Gasteiger partial charge in [-0.15, -0.1) is 17.5 Å². The van der Waals surface area contributed by atoms with Gasteiger partial charge < -0.3 is 14.1 Å². The van der Waals surface area contributed by atoms with Crippen molar-refractivity contribution >= 4 is 29.9 Å². The van der Waals surface area contributed by atoms with Crippen molar-refractivity contribution in [1.29, 1.82) is 0 Å². The van der Waals surface area contributed by atoms with Crippen LogP contribution in [0.25, 0.3) is 0 Å². The third-order valence-electron chi connectivity index (χ3n) is 6.10. The monoisotopic (exact) mass is 492 g/mol. The van der Waals surface area contributed by atoms with Gasteiger partial charge in [0.25, 0.3) is 5.91 Å². The number of amides is 1. The molecule has 0 radical (unpaired) electrons. The van der Waals surface area contributed by atoms with E-state index in [4.69, 9.17) is 20.8 Å². The van der Waals surface area contributed by atoms with Gasteiger partial charge in [0.05, 0.1) is 25.0 Å². The molecule has 0 N–H and O–H groups in total. The quantitative estimate of drug-likeness (QED) is 0.522. The fourth-order valence-electron chi connectivity index (χ4n) is 4.45. The number of carbonyl (C=O) groups is 1. The van der Waals surface area contributed by atoms with Crippen molar-refractivity contribution in [3.05, 3.63) is 64.8 Å². The summed E-state index contributed by atoms with van der Waals surface area (Å²) in [5, 5.41) is 13.3. The smallest absolute Gasteiger partial charge is 0.289 e. The highest BCUT2D eigenvalue weighted by Crippen LogP contribution is 2.33. The molecule has 9 nitrogen and oxygen atoms in total. The standard InChI is InChI=1S/C22H25ClN6O3.ClH/c23-18-7-2-1-6-17(18)20(21-24-25-26-29(21)15-16-5-3-13-31-16)27-9-11-28(12-10-27)22(30)19-8-4-14-32-19;/h1-2,4,6-8,14,16,20H,3,5,9-13,15H2;1H. The fraction of sp³-hybridized carbons (Fsp3) is 0.455. The molecule has 2 saturated heterocycles. The van der Waals surface area contributed by atoms with Gasteiger partial charge in [-0.05, 0) is 47.0 Å². The Kier molecular flexibility index (Phi) is 7.64. The molecule has 4 heterocycles. The number of aromatic nitrogens is 4. The first-order valence-corrected chi connectivity index (χ1v) is 11.3. The van der Waals surface area contributed by atoms with Gasteiger partial charge in [-0.1, -0.05) is 29.8 Å². The first-order valence-electron chi connectivity index (χ1n) is 10.9. The predicted molar refractivity (Wildman–Crippen MR) is 124 cm³/mol. The zero-order valence-electron chi connectivity index (χ0n) is 18.0. The second-order valence-electron chi connectivity index (χ2n) is 8.08. The number of carbonyl (C=O) groups excluding carboxylic acids is 1. The van der Waals surface area contributed by atoms with Crippen LogP contribution in [-0.2, 0) is 11.3 Å². The third kappa shape index (κ3) is 5.06. The minimum atomic E-state index is -0.221. The summed E-state index contributed by atoms with van der Waals surface area (Å²) in [6.45, 7) is 3.87. The highest BCUT2D eigenvalue weighted by molar-refractivity contribution is 6.31. The molecular formula is C22H26Cl2N6O3. The largest absolute Gasteiger partial charge is 0.459 e. The number of ether oxygens (including phenoxy) is 1. The maximum Gasteiger partial charge on any atom is 0.289 e. The molecule has 1 aromatic carbocycles. The molecule has 0 bridgehead atoms. The van der Waals surface area contributed by atoms with Gasteiger partial charge in [-0.2, -0.15) is 0 Å². The van der Waals surface area contributed by atoms with Crippen LogP contribution in [0.3, 0.4) is 0 Å². The molecule has 11 heteroatoms. The minimum absolute atomic E-state index is 0. The lowest BCUT2D eigenvalue weighted by molar-refractivity contribution is 0.0551. The molecule has 2 aliphatic rings. The third-order valence-corrected chi connectivity index (χ3v) is 6.45. The number of rotatable bonds is 6. The van der Waals surface area contributed by atoms with E-state index in [2.05, 4.69) is 20.4 Å². The molecule has 0 aliphatic carbocycles. The first-order chi connectivity index (χ1) is 15.7. The van der Waals surface area contributed by atoms with Crippen molar-refractivity contribution in [3.63, 3.8) is 0 Å². The molecule has 2 fully saturated rings. The Morgan fingerprint density at radius 3 is 2.67 bits per heavy atom. The second-order valence-corrected chi connectivity index (χ2v) is 8.49. The van der Waals surface area contributed by atoms with Crippen LogP contribution < -0.4 is 0 Å². The molecule has 176 valence electrons. The lowest BCUT2D eigenvalue weighted by atomic mass is 10.0. The van der Waals surface area contributed by atoms with Crippen LogP contribution in [0.4, 0.5) is 0 Å². The summed E-state index contributed by atoms with van der Waals surface area (Å²) in [7, 11) is 0. The zero-order valence-corrected chi connectivity index (χ0v) is 19.6. The number of hydrogen-bond acceptors (Lipinski definition) is 7. The number of piperazine rings is 1. The summed E-state index contributed by atoms with van der Waals surface area (Å²) < 4.78 is 12.9. The average Bonchev–Trinajstić information content (AvgIpc) is 3.60. The van der Waals surface area contributed by atoms with Gasteiger partial charge in [0, 0.05) is 37.8 Å². The normalized spacial score (nSPS) is 19.9. The van der Waals surface area contributed by atoms with E-state index in [1.54, 1.807) is 12.1 Å². The topological polar surface area (TPSA) is 89.5 Å². The highest BCUT2D eigenvalue weighted by atomic mass is 35.5. The van der Waals surface area contributed by atoms with Crippen LogP contribution in [0.15, 0.2) is 47.1 Å². The van der Waals surface area contributed by atoms with Gasteiger partial charge in [0.15, 0.2) is 11.6 Å². The van der Waals surface area contributed by atoms with Crippen LogP contribution in [0, 0.1) is 0 Å². The van der Waals surface area contributed by atoms with Crippen molar-refractivity contribution < 1.29 is 13.9 Å². The summed E-state index contributed by atoms with van der Waals surface area (Å²) in [6, 6.07) is 11.0. The number of hydrogen-bond donors (Lipinski definition) is 0. The summed E-state index contributed by atoms with van der Waals surface area (Å²) in [4.78, 5) is 16.8. The van der Waals surface area contributed by atoms with Crippen molar-refractivity contribution in [2.75, 3.05) is 32.8 Å². The lowest BCUT2D eigenvalue weighted by Crippen LogP contribution is -2.50. The second kappa shape index (κ2) is 10.6. The predicted octanol–water partition coefficient (Wildman–Crippen LogP) is 3.07. The molecule has 2 aromatic heterocycles. The molecule has 3 aromatic rings. The maximum absolute atomic E-state index is 12.7. The van der Waals surface area contributed by atoms with E-state index in [9.17, 15) is 4.79 Å². The van der Waals surface area contributed by atoms with Crippen molar-refractivity contribution in [2.24, 2.45) is 0 Å².